The Morgan fingerprint density at radius 2 is 2.17 bits per heavy atom. The minimum atomic E-state index is 0.238. The maximum absolute atomic E-state index is 12.5. The van der Waals surface area contributed by atoms with E-state index in [4.69, 9.17) is 16.3 Å². The lowest BCUT2D eigenvalue weighted by Crippen LogP contribution is -2.31. The van der Waals surface area contributed by atoms with Crippen LogP contribution in [-0.2, 0) is 4.79 Å². The summed E-state index contributed by atoms with van der Waals surface area (Å²) in [5, 5.41) is 2.78. The third-order valence-corrected chi connectivity index (χ3v) is 6.11. The zero-order chi connectivity index (χ0) is 16.8. The predicted octanol–water partition coefficient (Wildman–Crippen LogP) is 4.88. The largest absolute Gasteiger partial charge is 0.493 e. The Morgan fingerprint density at radius 1 is 1.33 bits per heavy atom. The molecule has 2 aromatic rings. The van der Waals surface area contributed by atoms with E-state index in [9.17, 15) is 4.79 Å². The molecule has 2 heterocycles. The van der Waals surface area contributed by atoms with Crippen molar-refractivity contribution in [1.29, 1.82) is 0 Å². The number of rotatable bonds is 7. The summed E-state index contributed by atoms with van der Waals surface area (Å²) in [6.45, 7) is 1.47. The number of likely N-dealkylation sites (tertiary alicyclic amines) is 1. The Kier molecular flexibility index (Phi) is 6.46. The quantitative estimate of drug-likeness (QED) is 0.640. The maximum atomic E-state index is 12.5. The zero-order valence-corrected chi connectivity index (χ0v) is 15.7. The molecule has 3 nitrogen and oxygen atoms in total. The molecule has 1 aromatic carbocycles. The minimum absolute atomic E-state index is 0.238. The second-order valence-electron chi connectivity index (χ2n) is 5.62. The van der Waals surface area contributed by atoms with Gasteiger partial charge in [0.2, 0.25) is 5.91 Å². The Bertz CT molecular complexity index is 646. The number of thiophene rings is 1. The van der Waals surface area contributed by atoms with E-state index in [2.05, 4.69) is 17.5 Å². The van der Waals surface area contributed by atoms with Gasteiger partial charge in [-0.2, -0.15) is 0 Å². The lowest BCUT2D eigenvalue weighted by Gasteiger charge is -2.23. The van der Waals surface area contributed by atoms with Crippen LogP contribution in [-0.4, -0.2) is 35.5 Å². The number of hydrogen-bond acceptors (Lipinski definition) is 4. The molecule has 0 aliphatic carbocycles. The van der Waals surface area contributed by atoms with Crippen molar-refractivity contribution in [3.63, 3.8) is 0 Å². The first-order valence-corrected chi connectivity index (χ1v) is 10.4. The number of thioether (sulfide) groups is 1. The van der Waals surface area contributed by atoms with Gasteiger partial charge >= 0.3 is 0 Å². The molecule has 24 heavy (non-hydrogen) atoms. The van der Waals surface area contributed by atoms with E-state index in [1.807, 2.05) is 29.2 Å². The van der Waals surface area contributed by atoms with Crippen LogP contribution in [0.15, 0.2) is 41.8 Å². The Morgan fingerprint density at radius 3 is 2.92 bits per heavy atom. The molecule has 0 saturated carbocycles. The van der Waals surface area contributed by atoms with Crippen LogP contribution in [0.25, 0.3) is 0 Å². The molecule has 1 fully saturated rings. The fourth-order valence-corrected chi connectivity index (χ4v) is 4.52. The van der Waals surface area contributed by atoms with E-state index in [-0.39, 0.29) is 11.9 Å². The van der Waals surface area contributed by atoms with E-state index in [1.54, 1.807) is 23.1 Å². The SMILES string of the molecule is O=C(CSCCOc1ccc(Cl)cc1)N1CCCC1c1cccs1. The highest BCUT2D eigenvalue weighted by Gasteiger charge is 2.30. The van der Waals surface area contributed by atoms with Crippen molar-refractivity contribution in [2.75, 3.05) is 24.7 Å². The molecule has 1 amide bonds. The topological polar surface area (TPSA) is 29.5 Å². The fraction of sp³-hybridized carbons (Fsp3) is 0.389. The molecular formula is C18H20ClNO2S2. The number of amides is 1. The molecular weight excluding hydrogens is 362 g/mol. The molecule has 0 spiro atoms. The number of halogens is 1. The average molecular weight is 382 g/mol. The van der Waals surface area contributed by atoms with Crippen molar-refractivity contribution in [2.24, 2.45) is 0 Å². The number of hydrogen-bond donors (Lipinski definition) is 0. The predicted molar refractivity (Wildman–Crippen MR) is 102 cm³/mol. The molecule has 0 bridgehead atoms. The van der Waals surface area contributed by atoms with Crippen molar-refractivity contribution in [1.82, 2.24) is 4.90 Å². The first-order valence-electron chi connectivity index (χ1n) is 8.03. The molecule has 6 heteroatoms. The van der Waals surface area contributed by atoms with Crippen molar-refractivity contribution in [2.45, 2.75) is 18.9 Å². The van der Waals surface area contributed by atoms with Crippen molar-refractivity contribution in [3.8, 4) is 5.75 Å². The van der Waals surface area contributed by atoms with Gasteiger partial charge in [0.25, 0.3) is 0 Å². The van der Waals surface area contributed by atoms with Gasteiger partial charge in [0, 0.05) is 22.2 Å². The third kappa shape index (κ3) is 4.68. The van der Waals surface area contributed by atoms with Crippen molar-refractivity contribution < 1.29 is 9.53 Å². The van der Waals surface area contributed by atoms with Gasteiger partial charge in [0.1, 0.15) is 5.75 Å². The van der Waals surface area contributed by atoms with Gasteiger partial charge in [-0.15, -0.1) is 23.1 Å². The smallest absolute Gasteiger partial charge is 0.233 e. The molecule has 1 saturated heterocycles. The summed E-state index contributed by atoms with van der Waals surface area (Å²) < 4.78 is 5.65. The molecule has 1 aliphatic rings. The summed E-state index contributed by atoms with van der Waals surface area (Å²) in [6.07, 6.45) is 2.18. The summed E-state index contributed by atoms with van der Waals surface area (Å²) in [5.41, 5.74) is 0. The van der Waals surface area contributed by atoms with Gasteiger partial charge in [0.05, 0.1) is 18.4 Å². The normalized spacial score (nSPS) is 17.2. The lowest BCUT2D eigenvalue weighted by molar-refractivity contribution is -0.129. The molecule has 0 radical (unpaired) electrons. The number of nitrogens with zero attached hydrogens (tertiary/aromatic N) is 1. The zero-order valence-electron chi connectivity index (χ0n) is 13.3. The van der Waals surface area contributed by atoms with Crippen LogP contribution < -0.4 is 4.74 Å². The lowest BCUT2D eigenvalue weighted by atomic mass is 10.2. The van der Waals surface area contributed by atoms with Crippen LogP contribution in [0, 0.1) is 0 Å². The van der Waals surface area contributed by atoms with Crippen LogP contribution in [0.2, 0.25) is 5.02 Å². The molecule has 128 valence electrons. The van der Waals surface area contributed by atoms with E-state index < -0.39 is 0 Å². The monoisotopic (exact) mass is 381 g/mol. The number of ether oxygens (including phenoxy) is 1. The molecule has 1 aromatic heterocycles. The Labute approximate surface area is 156 Å². The van der Waals surface area contributed by atoms with Gasteiger partial charge in [-0.25, -0.2) is 0 Å². The van der Waals surface area contributed by atoms with Gasteiger partial charge in [-0.05, 0) is 48.6 Å². The van der Waals surface area contributed by atoms with Gasteiger partial charge in [-0.1, -0.05) is 17.7 Å². The summed E-state index contributed by atoms with van der Waals surface area (Å²) in [4.78, 5) is 15.8. The molecule has 0 N–H and O–H groups in total. The standard InChI is InChI=1S/C18H20ClNO2S2/c19-14-5-7-15(8-6-14)22-10-12-23-13-18(21)20-9-1-3-16(20)17-4-2-11-24-17/h2,4-8,11,16H,1,3,9-10,12-13H2. The number of carbonyl (C=O) groups excluding carboxylic acids is 1. The van der Waals surface area contributed by atoms with Crippen LogP contribution in [0.5, 0.6) is 5.75 Å². The van der Waals surface area contributed by atoms with E-state index in [0.29, 0.717) is 17.4 Å². The van der Waals surface area contributed by atoms with Crippen LogP contribution in [0.3, 0.4) is 0 Å². The highest BCUT2D eigenvalue weighted by Crippen LogP contribution is 2.34. The van der Waals surface area contributed by atoms with E-state index >= 15 is 0 Å². The fourth-order valence-electron chi connectivity index (χ4n) is 2.83. The summed E-state index contributed by atoms with van der Waals surface area (Å²) in [7, 11) is 0. The average Bonchev–Trinajstić information content (AvgIpc) is 3.27. The van der Waals surface area contributed by atoms with Crippen LogP contribution in [0.4, 0.5) is 0 Å². The van der Waals surface area contributed by atoms with Crippen molar-refractivity contribution in [3.05, 3.63) is 51.7 Å². The maximum Gasteiger partial charge on any atom is 0.233 e. The molecule has 1 atom stereocenters. The third-order valence-electron chi connectivity index (χ3n) is 3.98. The summed E-state index contributed by atoms with van der Waals surface area (Å²) in [5.74, 6) is 2.36. The van der Waals surface area contributed by atoms with Gasteiger partial charge in [0.15, 0.2) is 0 Å². The highest BCUT2D eigenvalue weighted by molar-refractivity contribution is 7.99. The Hall–Kier alpha value is -1.17. The van der Waals surface area contributed by atoms with Gasteiger partial charge in [-0.3, -0.25) is 4.79 Å². The minimum Gasteiger partial charge on any atom is -0.493 e. The number of benzene rings is 1. The second kappa shape index (κ2) is 8.79. The number of carbonyl (C=O) groups is 1. The molecule has 3 rings (SSSR count). The Balaban J connectivity index is 1.38. The molecule has 1 unspecified atom stereocenters. The van der Waals surface area contributed by atoms with E-state index in [0.717, 1.165) is 30.9 Å². The highest BCUT2D eigenvalue weighted by atomic mass is 35.5. The summed E-state index contributed by atoms with van der Waals surface area (Å²) in [6, 6.07) is 11.8. The van der Waals surface area contributed by atoms with Gasteiger partial charge < -0.3 is 9.64 Å². The second-order valence-corrected chi connectivity index (χ2v) is 8.14. The van der Waals surface area contributed by atoms with Crippen LogP contribution in [0.1, 0.15) is 23.8 Å². The first kappa shape index (κ1) is 17.6. The van der Waals surface area contributed by atoms with E-state index in [1.165, 1.54) is 4.88 Å². The summed E-state index contributed by atoms with van der Waals surface area (Å²) >= 11 is 9.21. The first-order chi connectivity index (χ1) is 11.7. The van der Waals surface area contributed by atoms with Crippen molar-refractivity contribution >= 4 is 40.6 Å². The molecule has 1 aliphatic heterocycles. The van der Waals surface area contributed by atoms with Crippen LogP contribution >= 0.6 is 34.7 Å².